The number of carbonyl (C=O) groups excluding carboxylic acids is 1. The molecule has 1 fully saturated rings. The Labute approximate surface area is 131 Å². The second kappa shape index (κ2) is 7.12. The van der Waals surface area contributed by atoms with Crippen LogP contribution in [-0.2, 0) is 11.3 Å². The maximum atomic E-state index is 12.5. The Bertz CT molecular complexity index is 597. The minimum absolute atomic E-state index is 0.137. The minimum Gasteiger partial charge on any atom is -0.445 e. The fourth-order valence-corrected chi connectivity index (χ4v) is 2.97. The zero-order valence-corrected chi connectivity index (χ0v) is 12.7. The smallest absolute Gasteiger partial charge is 0.410 e. The van der Waals surface area contributed by atoms with E-state index < -0.39 is 0 Å². The highest BCUT2D eigenvalue weighted by Gasteiger charge is 2.28. The molecule has 0 aromatic heterocycles. The van der Waals surface area contributed by atoms with E-state index >= 15 is 0 Å². The summed E-state index contributed by atoms with van der Waals surface area (Å²) in [5.74, 6) is 0. The van der Waals surface area contributed by atoms with Gasteiger partial charge in [-0.25, -0.2) is 4.79 Å². The van der Waals surface area contributed by atoms with Crippen LogP contribution in [0.5, 0.6) is 0 Å². The quantitative estimate of drug-likeness (QED) is 0.831. The van der Waals surface area contributed by atoms with Crippen LogP contribution in [0.4, 0.5) is 4.79 Å². The fourth-order valence-electron chi connectivity index (χ4n) is 2.97. The summed E-state index contributed by atoms with van der Waals surface area (Å²) in [6.45, 7) is 1.10. The van der Waals surface area contributed by atoms with E-state index in [4.69, 9.17) is 4.74 Å². The van der Waals surface area contributed by atoms with Gasteiger partial charge in [-0.3, -0.25) is 0 Å². The fraction of sp³-hybridized carbons (Fsp3) is 0.316. The molecule has 1 amide bonds. The molecule has 1 unspecified atom stereocenters. The van der Waals surface area contributed by atoms with Gasteiger partial charge in [-0.15, -0.1) is 0 Å². The summed E-state index contributed by atoms with van der Waals surface area (Å²) in [7, 11) is 0. The van der Waals surface area contributed by atoms with E-state index in [2.05, 4.69) is 12.1 Å². The topological polar surface area (TPSA) is 29.5 Å². The number of amides is 1. The van der Waals surface area contributed by atoms with Crippen LogP contribution in [0.15, 0.2) is 60.7 Å². The Morgan fingerprint density at radius 2 is 1.68 bits per heavy atom. The third-order valence-electron chi connectivity index (χ3n) is 4.13. The number of rotatable bonds is 3. The summed E-state index contributed by atoms with van der Waals surface area (Å²) >= 11 is 0. The molecule has 2 aromatic carbocycles. The molecule has 0 aliphatic carbocycles. The van der Waals surface area contributed by atoms with E-state index in [0.29, 0.717) is 6.61 Å². The lowest BCUT2D eigenvalue weighted by molar-refractivity contribution is 0.0679. The summed E-state index contributed by atoms with van der Waals surface area (Å²) in [4.78, 5) is 14.3. The molecule has 114 valence electrons. The molecule has 1 aliphatic heterocycles. The van der Waals surface area contributed by atoms with Crippen molar-refractivity contribution in [1.82, 2.24) is 4.90 Å². The van der Waals surface area contributed by atoms with Crippen LogP contribution in [-0.4, -0.2) is 17.5 Å². The molecule has 0 saturated carbocycles. The maximum Gasteiger partial charge on any atom is 0.410 e. The van der Waals surface area contributed by atoms with Crippen LogP contribution in [0.2, 0.25) is 0 Å². The molecule has 0 bridgehead atoms. The summed E-state index contributed by atoms with van der Waals surface area (Å²) in [5, 5.41) is 0. The van der Waals surface area contributed by atoms with E-state index in [-0.39, 0.29) is 12.1 Å². The lowest BCUT2D eigenvalue weighted by Gasteiger charge is -2.35. The first-order chi connectivity index (χ1) is 10.8. The average molecular weight is 295 g/mol. The highest BCUT2D eigenvalue weighted by molar-refractivity contribution is 5.68. The van der Waals surface area contributed by atoms with Crippen molar-refractivity contribution in [3.05, 3.63) is 71.8 Å². The minimum atomic E-state index is -0.211. The third kappa shape index (κ3) is 3.48. The highest BCUT2D eigenvalue weighted by atomic mass is 16.6. The molecule has 3 nitrogen and oxygen atoms in total. The monoisotopic (exact) mass is 295 g/mol. The van der Waals surface area contributed by atoms with Crippen molar-refractivity contribution in [1.29, 1.82) is 0 Å². The number of benzene rings is 2. The van der Waals surface area contributed by atoms with Gasteiger partial charge in [0.1, 0.15) is 6.61 Å². The second-order valence-corrected chi connectivity index (χ2v) is 5.66. The molecule has 1 heterocycles. The van der Waals surface area contributed by atoms with Crippen molar-refractivity contribution in [2.45, 2.75) is 31.9 Å². The number of likely N-dealkylation sites (tertiary alicyclic amines) is 1. The summed E-state index contributed by atoms with van der Waals surface area (Å²) in [6.07, 6.45) is 2.99. The Morgan fingerprint density at radius 1 is 1.00 bits per heavy atom. The van der Waals surface area contributed by atoms with Crippen LogP contribution >= 0.6 is 0 Å². The molecular formula is C19H21NO2. The zero-order chi connectivity index (χ0) is 15.2. The average Bonchev–Trinajstić information content (AvgIpc) is 2.61. The Hall–Kier alpha value is -2.29. The van der Waals surface area contributed by atoms with Gasteiger partial charge in [-0.05, 0) is 30.4 Å². The molecule has 1 atom stereocenters. The van der Waals surface area contributed by atoms with Crippen molar-refractivity contribution in [3.8, 4) is 0 Å². The molecule has 3 rings (SSSR count). The van der Waals surface area contributed by atoms with Crippen LogP contribution in [0, 0.1) is 0 Å². The largest absolute Gasteiger partial charge is 0.445 e. The second-order valence-electron chi connectivity index (χ2n) is 5.66. The van der Waals surface area contributed by atoms with E-state index in [9.17, 15) is 4.79 Å². The summed E-state index contributed by atoms with van der Waals surface area (Å²) < 4.78 is 5.51. The molecule has 0 radical (unpaired) electrons. The Kier molecular flexibility index (Phi) is 4.74. The number of hydrogen-bond donors (Lipinski definition) is 0. The molecular weight excluding hydrogens is 274 g/mol. The molecule has 1 saturated heterocycles. The zero-order valence-electron chi connectivity index (χ0n) is 12.7. The molecule has 2 aromatic rings. The van der Waals surface area contributed by atoms with Gasteiger partial charge >= 0.3 is 6.09 Å². The van der Waals surface area contributed by atoms with Crippen molar-refractivity contribution < 1.29 is 9.53 Å². The Morgan fingerprint density at radius 3 is 2.41 bits per heavy atom. The number of carbonyl (C=O) groups is 1. The van der Waals surface area contributed by atoms with Crippen molar-refractivity contribution in [2.75, 3.05) is 6.54 Å². The SMILES string of the molecule is O=C(OCc1ccccc1)N1CCCCC1c1ccccc1. The first kappa shape index (κ1) is 14.6. The lowest BCUT2D eigenvalue weighted by atomic mass is 9.96. The first-order valence-electron chi connectivity index (χ1n) is 7.87. The summed E-state index contributed by atoms with van der Waals surface area (Å²) in [6, 6.07) is 20.2. The summed E-state index contributed by atoms with van der Waals surface area (Å²) in [5.41, 5.74) is 2.21. The Balaban J connectivity index is 1.66. The van der Waals surface area contributed by atoms with Gasteiger partial charge in [0.05, 0.1) is 6.04 Å². The van der Waals surface area contributed by atoms with Gasteiger partial charge in [0.25, 0.3) is 0 Å². The van der Waals surface area contributed by atoms with Gasteiger partial charge in [0.2, 0.25) is 0 Å². The van der Waals surface area contributed by atoms with Crippen LogP contribution in [0.25, 0.3) is 0 Å². The van der Waals surface area contributed by atoms with Gasteiger partial charge in [0, 0.05) is 6.54 Å². The highest BCUT2D eigenvalue weighted by Crippen LogP contribution is 2.31. The van der Waals surface area contributed by atoms with Gasteiger partial charge < -0.3 is 9.64 Å². The van der Waals surface area contributed by atoms with Crippen LogP contribution < -0.4 is 0 Å². The predicted octanol–water partition coefficient (Wildman–Crippen LogP) is 4.55. The van der Waals surface area contributed by atoms with Crippen molar-refractivity contribution >= 4 is 6.09 Å². The van der Waals surface area contributed by atoms with E-state index in [0.717, 1.165) is 31.4 Å². The molecule has 0 spiro atoms. The van der Waals surface area contributed by atoms with E-state index in [1.165, 1.54) is 5.56 Å². The van der Waals surface area contributed by atoms with Crippen molar-refractivity contribution in [3.63, 3.8) is 0 Å². The first-order valence-corrected chi connectivity index (χ1v) is 7.87. The van der Waals surface area contributed by atoms with Gasteiger partial charge in [-0.1, -0.05) is 60.7 Å². The molecule has 22 heavy (non-hydrogen) atoms. The normalized spacial score (nSPS) is 18.0. The molecule has 0 N–H and O–H groups in total. The maximum absolute atomic E-state index is 12.5. The number of nitrogens with zero attached hydrogens (tertiary/aromatic N) is 1. The predicted molar refractivity (Wildman–Crippen MR) is 86.4 cm³/mol. The number of ether oxygens (including phenoxy) is 1. The van der Waals surface area contributed by atoms with Gasteiger partial charge in [-0.2, -0.15) is 0 Å². The van der Waals surface area contributed by atoms with Crippen LogP contribution in [0.1, 0.15) is 36.4 Å². The van der Waals surface area contributed by atoms with E-state index in [1.807, 2.05) is 53.4 Å². The van der Waals surface area contributed by atoms with Crippen LogP contribution in [0.3, 0.4) is 0 Å². The molecule has 1 aliphatic rings. The number of piperidine rings is 1. The van der Waals surface area contributed by atoms with Crippen molar-refractivity contribution in [2.24, 2.45) is 0 Å². The number of hydrogen-bond acceptors (Lipinski definition) is 2. The molecule has 3 heteroatoms. The van der Waals surface area contributed by atoms with Gasteiger partial charge in [0.15, 0.2) is 0 Å². The standard InChI is InChI=1S/C19H21NO2/c21-19(22-15-16-9-3-1-4-10-16)20-14-8-7-13-18(20)17-11-5-2-6-12-17/h1-6,9-12,18H,7-8,13-15H2. The lowest BCUT2D eigenvalue weighted by Crippen LogP contribution is -2.38. The third-order valence-corrected chi connectivity index (χ3v) is 4.13. The van der Waals surface area contributed by atoms with E-state index in [1.54, 1.807) is 0 Å².